The Morgan fingerprint density at radius 2 is 1.85 bits per heavy atom. The first-order chi connectivity index (χ1) is 12.5. The van der Waals surface area contributed by atoms with Gasteiger partial charge in [-0.1, -0.05) is 35.3 Å². The molecule has 0 fully saturated rings. The van der Waals surface area contributed by atoms with Gasteiger partial charge in [-0.15, -0.1) is 0 Å². The molecule has 2 aromatic rings. The second-order valence-electron chi connectivity index (χ2n) is 5.12. The van der Waals surface area contributed by atoms with Crippen molar-refractivity contribution in [3.8, 4) is 5.75 Å². The summed E-state index contributed by atoms with van der Waals surface area (Å²) in [5.41, 5.74) is 1.41. The minimum absolute atomic E-state index is 0.189. The minimum atomic E-state index is -0.400. The lowest BCUT2D eigenvalue weighted by Crippen LogP contribution is -2.20. The number of esters is 1. The molecule has 0 heterocycles. The van der Waals surface area contributed by atoms with Gasteiger partial charge in [0.15, 0.2) is 6.61 Å². The number of carbonyl (C=O) groups excluding carboxylic acids is 2. The van der Waals surface area contributed by atoms with Crippen LogP contribution in [0.4, 0.5) is 5.69 Å². The first-order valence-electron chi connectivity index (χ1n) is 7.80. The number of benzene rings is 2. The highest BCUT2D eigenvalue weighted by molar-refractivity contribution is 6.35. The minimum Gasteiger partial charge on any atom is -0.482 e. The third-order valence-electron chi connectivity index (χ3n) is 3.15. The molecule has 5 nitrogen and oxygen atoms in total. The maximum Gasteiger partial charge on any atom is 0.330 e. The van der Waals surface area contributed by atoms with E-state index in [0.29, 0.717) is 28.1 Å². The first kappa shape index (κ1) is 19.8. The maximum atomic E-state index is 12.0. The van der Waals surface area contributed by atoms with Gasteiger partial charge in [0.2, 0.25) is 0 Å². The number of rotatable bonds is 7. The van der Waals surface area contributed by atoms with Crippen LogP contribution in [0.2, 0.25) is 10.0 Å². The van der Waals surface area contributed by atoms with E-state index in [0.717, 1.165) is 5.56 Å². The van der Waals surface area contributed by atoms with Crippen LogP contribution in [0.25, 0.3) is 6.08 Å². The second-order valence-corrected chi connectivity index (χ2v) is 5.96. The van der Waals surface area contributed by atoms with Gasteiger partial charge in [0.1, 0.15) is 5.75 Å². The summed E-state index contributed by atoms with van der Waals surface area (Å²) in [5.74, 6) is -0.348. The van der Waals surface area contributed by atoms with Crippen LogP contribution in [0, 0.1) is 0 Å². The number of ether oxygens (including phenoxy) is 2. The summed E-state index contributed by atoms with van der Waals surface area (Å²) >= 11 is 11.8. The third kappa shape index (κ3) is 6.43. The van der Waals surface area contributed by atoms with Crippen LogP contribution in [0.15, 0.2) is 48.5 Å². The third-order valence-corrected chi connectivity index (χ3v) is 3.68. The quantitative estimate of drug-likeness (QED) is 0.551. The number of hydrogen-bond donors (Lipinski definition) is 1. The van der Waals surface area contributed by atoms with Gasteiger partial charge in [-0.05, 0) is 48.9 Å². The Balaban J connectivity index is 1.86. The Bertz CT molecular complexity index is 804. The molecule has 0 atom stereocenters. The van der Waals surface area contributed by atoms with Crippen LogP contribution in [0.3, 0.4) is 0 Å². The summed E-state index contributed by atoms with van der Waals surface area (Å²) in [5, 5.41) is 3.53. The molecule has 0 aliphatic carbocycles. The molecule has 0 aromatic heterocycles. The summed E-state index contributed by atoms with van der Waals surface area (Å²) in [7, 11) is 0. The summed E-state index contributed by atoms with van der Waals surface area (Å²) < 4.78 is 10.2. The van der Waals surface area contributed by atoms with E-state index in [9.17, 15) is 9.59 Å². The molecule has 26 heavy (non-hydrogen) atoms. The number of hydrogen-bond acceptors (Lipinski definition) is 4. The van der Waals surface area contributed by atoms with Gasteiger partial charge in [-0.25, -0.2) is 4.79 Å². The van der Waals surface area contributed by atoms with Crippen LogP contribution >= 0.6 is 23.2 Å². The van der Waals surface area contributed by atoms with Gasteiger partial charge >= 0.3 is 5.97 Å². The van der Waals surface area contributed by atoms with Crippen molar-refractivity contribution in [3.05, 3.63) is 64.1 Å². The number of carbonyl (C=O) groups is 2. The molecular weight excluding hydrogens is 377 g/mol. The monoisotopic (exact) mass is 393 g/mol. The maximum absolute atomic E-state index is 12.0. The molecule has 1 amide bonds. The molecule has 0 spiro atoms. The van der Waals surface area contributed by atoms with Crippen molar-refractivity contribution in [2.75, 3.05) is 18.5 Å². The average molecular weight is 394 g/mol. The van der Waals surface area contributed by atoms with Crippen molar-refractivity contribution < 1.29 is 19.1 Å². The van der Waals surface area contributed by atoms with Crippen LogP contribution in [0.1, 0.15) is 12.5 Å². The predicted molar refractivity (Wildman–Crippen MR) is 103 cm³/mol. The number of anilines is 1. The molecule has 0 saturated heterocycles. The first-order valence-corrected chi connectivity index (χ1v) is 8.56. The fraction of sp³-hybridized carbons (Fsp3) is 0.158. The summed E-state index contributed by atoms with van der Waals surface area (Å²) in [4.78, 5) is 23.2. The van der Waals surface area contributed by atoms with Crippen molar-refractivity contribution >= 4 is 46.8 Å². The molecule has 0 saturated carbocycles. The summed E-state index contributed by atoms with van der Waals surface area (Å²) in [6.07, 6.45) is 2.98. The zero-order chi connectivity index (χ0) is 18.9. The lowest BCUT2D eigenvalue weighted by molar-refractivity contribution is -0.137. The highest BCUT2D eigenvalue weighted by Crippen LogP contribution is 2.27. The van der Waals surface area contributed by atoms with Crippen molar-refractivity contribution in [2.45, 2.75) is 6.92 Å². The van der Waals surface area contributed by atoms with E-state index >= 15 is 0 Å². The lowest BCUT2D eigenvalue weighted by Gasteiger charge is -2.09. The van der Waals surface area contributed by atoms with E-state index in [1.165, 1.54) is 6.08 Å². The number of halogens is 2. The smallest absolute Gasteiger partial charge is 0.330 e. The van der Waals surface area contributed by atoms with E-state index < -0.39 is 5.97 Å². The molecular formula is C19H17Cl2NO4. The fourth-order valence-corrected chi connectivity index (χ4v) is 2.43. The Morgan fingerprint density at radius 3 is 2.50 bits per heavy atom. The Hall–Kier alpha value is -2.50. The van der Waals surface area contributed by atoms with Crippen LogP contribution < -0.4 is 10.1 Å². The Kier molecular flexibility index (Phi) is 7.51. The normalized spacial score (nSPS) is 10.6. The Labute approximate surface area is 161 Å². The molecule has 136 valence electrons. The van der Waals surface area contributed by atoms with Gasteiger partial charge in [-0.3, -0.25) is 4.79 Å². The lowest BCUT2D eigenvalue weighted by atomic mass is 10.2. The predicted octanol–water partition coefficient (Wildman–Crippen LogP) is 4.59. The fourth-order valence-electron chi connectivity index (χ4n) is 1.96. The molecule has 0 aliphatic heterocycles. The molecule has 0 bridgehead atoms. The largest absolute Gasteiger partial charge is 0.482 e. The highest BCUT2D eigenvalue weighted by Gasteiger charge is 2.07. The molecule has 2 rings (SSSR count). The van der Waals surface area contributed by atoms with E-state index in [4.69, 9.17) is 32.7 Å². The van der Waals surface area contributed by atoms with Gasteiger partial charge in [0, 0.05) is 16.8 Å². The zero-order valence-electron chi connectivity index (χ0n) is 14.0. The van der Waals surface area contributed by atoms with Gasteiger partial charge < -0.3 is 14.8 Å². The second kappa shape index (κ2) is 9.85. The van der Waals surface area contributed by atoms with Crippen molar-refractivity contribution in [3.63, 3.8) is 0 Å². The number of amides is 1. The van der Waals surface area contributed by atoms with E-state index in [-0.39, 0.29) is 12.5 Å². The number of nitrogens with one attached hydrogen (secondary N) is 1. The topological polar surface area (TPSA) is 64.6 Å². The van der Waals surface area contributed by atoms with E-state index in [1.54, 1.807) is 55.5 Å². The Morgan fingerprint density at radius 1 is 1.12 bits per heavy atom. The van der Waals surface area contributed by atoms with Gasteiger partial charge in [-0.2, -0.15) is 0 Å². The van der Waals surface area contributed by atoms with Crippen molar-refractivity contribution in [1.29, 1.82) is 0 Å². The SMILES string of the molecule is CCOC(=O)/C=C/c1ccc(NC(=O)COc2ccc(Cl)cc2Cl)cc1. The van der Waals surface area contributed by atoms with Gasteiger partial charge in [0.25, 0.3) is 5.91 Å². The molecule has 1 N–H and O–H groups in total. The highest BCUT2D eigenvalue weighted by atomic mass is 35.5. The van der Waals surface area contributed by atoms with Crippen LogP contribution in [0.5, 0.6) is 5.75 Å². The summed E-state index contributed by atoms with van der Waals surface area (Å²) in [6, 6.07) is 11.7. The molecule has 0 unspecified atom stereocenters. The average Bonchev–Trinajstić information content (AvgIpc) is 2.61. The molecule has 0 aliphatic rings. The molecule has 0 radical (unpaired) electrons. The van der Waals surface area contributed by atoms with E-state index in [2.05, 4.69) is 5.32 Å². The van der Waals surface area contributed by atoms with Crippen LogP contribution in [-0.2, 0) is 14.3 Å². The standard InChI is InChI=1S/C19H17Cl2NO4/c1-2-25-19(24)10-5-13-3-7-15(8-4-13)22-18(23)12-26-17-9-6-14(20)11-16(17)21/h3-11H,2,12H2,1H3,(H,22,23)/b10-5+. The molecule has 2 aromatic carbocycles. The summed E-state index contributed by atoms with van der Waals surface area (Å²) in [6.45, 7) is 1.89. The van der Waals surface area contributed by atoms with Crippen molar-refractivity contribution in [1.82, 2.24) is 0 Å². The molecule has 7 heteroatoms. The van der Waals surface area contributed by atoms with Gasteiger partial charge in [0.05, 0.1) is 11.6 Å². The van der Waals surface area contributed by atoms with E-state index in [1.807, 2.05) is 0 Å². The van der Waals surface area contributed by atoms with Crippen LogP contribution in [-0.4, -0.2) is 25.1 Å². The zero-order valence-corrected chi connectivity index (χ0v) is 15.5. The van der Waals surface area contributed by atoms with Crippen molar-refractivity contribution in [2.24, 2.45) is 0 Å².